The summed E-state index contributed by atoms with van der Waals surface area (Å²) in [5, 5.41) is 10.3. The van der Waals surface area contributed by atoms with Crippen LogP contribution in [0.4, 0.5) is 0 Å². The number of likely N-dealkylation sites (tertiary alicyclic amines) is 1. The summed E-state index contributed by atoms with van der Waals surface area (Å²) in [7, 11) is 0. The van der Waals surface area contributed by atoms with Crippen LogP contribution in [0.15, 0.2) is 46.9 Å². The Balaban J connectivity index is 1.08. The van der Waals surface area contributed by atoms with Gasteiger partial charge in [-0.15, -0.1) is 10.2 Å². The van der Waals surface area contributed by atoms with Gasteiger partial charge in [-0.25, -0.2) is 0 Å². The van der Waals surface area contributed by atoms with Crippen molar-refractivity contribution in [2.24, 2.45) is 0 Å². The molecule has 1 N–H and O–H groups in total. The van der Waals surface area contributed by atoms with E-state index in [1.165, 1.54) is 12.0 Å². The zero-order valence-electron chi connectivity index (χ0n) is 21.9. The van der Waals surface area contributed by atoms with Crippen molar-refractivity contribution in [1.82, 2.24) is 25.3 Å². The van der Waals surface area contributed by atoms with E-state index in [2.05, 4.69) is 32.5 Å². The largest absolute Gasteiger partial charge is 0.492 e. The maximum atomic E-state index is 13.0. The van der Waals surface area contributed by atoms with Crippen LogP contribution in [0, 0.1) is 6.92 Å². The van der Waals surface area contributed by atoms with Gasteiger partial charge in [-0.1, -0.05) is 18.6 Å². The minimum absolute atomic E-state index is 0.176. The van der Waals surface area contributed by atoms with Gasteiger partial charge in [0.25, 0.3) is 5.91 Å². The highest BCUT2D eigenvalue weighted by Gasteiger charge is 2.39. The summed E-state index contributed by atoms with van der Waals surface area (Å²) in [6.45, 7) is 4.52. The van der Waals surface area contributed by atoms with E-state index in [0.717, 1.165) is 42.8 Å². The molecule has 0 saturated carbocycles. The molecule has 0 bridgehead atoms. The fourth-order valence-electron chi connectivity index (χ4n) is 5.69. The minimum atomic E-state index is -0.618. The number of rotatable bonds is 7. The molecule has 2 unspecified atom stereocenters. The van der Waals surface area contributed by atoms with Crippen molar-refractivity contribution in [2.75, 3.05) is 13.2 Å². The smallest absolute Gasteiger partial charge is 0.255 e. The Morgan fingerprint density at radius 1 is 1.05 bits per heavy atom. The molecule has 2 saturated heterocycles. The molecule has 10 nitrogen and oxygen atoms in total. The van der Waals surface area contributed by atoms with Crippen molar-refractivity contribution in [3.05, 3.63) is 65.0 Å². The second-order valence-electron chi connectivity index (χ2n) is 10.5. The van der Waals surface area contributed by atoms with Crippen LogP contribution in [-0.2, 0) is 22.7 Å². The normalized spacial score (nSPS) is 21.7. The van der Waals surface area contributed by atoms with Gasteiger partial charge < -0.3 is 14.1 Å². The second-order valence-corrected chi connectivity index (χ2v) is 10.5. The van der Waals surface area contributed by atoms with Crippen LogP contribution >= 0.6 is 0 Å². The summed E-state index contributed by atoms with van der Waals surface area (Å²) in [4.78, 5) is 40.8. The molecule has 1 aromatic heterocycles. The summed E-state index contributed by atoms with van der Waals surface area (Å²) in [5.41, 5.74) is 3.56. The van der Waals surface area contributed by atoms with Gasteiger partial charge in [0, 0.05) is 43.6 Å². The number of nitrogens with one attached hydrogen (secondary N) is 1. The molecule has 6 rings (SSSR count). The molecule has 3 amide bonds. The first-order valence-corrected chi connectivity index (χ1v) is 13.5. The van der Waals surface area contributed by atoms with Gasteiger partial charge in [-0.05, 0) is 67.3 Å². The Kier molecular flexibility index (Phi) is 6.86. The molecule has 0 spiro atoms. The number of aromatic nitrogens is 2. The van der Waals surface area contributed by atoms with E-state index in [9.17, 15) is 14.4 Å². The molecular formula is C29H31N5O5. The van der Waals surface area contributed by atoms with Crippen molar-refractivity contribution >= 4 is 17.7 Å². The molecule has 10 heteroatoms. The van der Waals surface area contributed by atoms with Gasteiger partial charge in [-0.2, -0.15) is 0 Å². The highest BCUT2D eigenvalue weighted by atomic mass is 16.5. The fraction of sp³-hybridized carbons (Fsp3) is 0.414. The quantitative estimate of drug-likeness (QED) is 0.464. The van der Waals surface area contributed by atoms with Crippen LogP contribution in [0.3, 0.4) is 0 Å². The highest BCUT2D eigenvalue weighted by molar-refractivity contribution is 6.05. The fourth-order valence-corrected chi connectivity index (χ4v) is 5.69. The number of imide groups is 1. The van der Waals surface area contributed by atoms with E-state index in [0.29, 0.717) is 36.9 Å². The van der Waals surface area contributed by atoms with Crippen LogP contribution in [0.2, 0.25) is 0 Å². The lowest BCUT2D eigenvalue weighted by Gasteiger charge is -2.35. The summed E-state index contributed by atoms with van der Waals surface area (Å²) in [5.74, 6) is 0.928. The van der Waals surface area contributed by atoms with Gasteiger partial charge in [0.05, 0.1) is 0 Å². The maximum Gasteiger partial charge on any atom is 0.255 e. The molecule has 0 aliphatic carbocycles. The van der Waals surface area contributed by atoms with Gasteiger partial charge in [0.1, 0.15) is 18.4 Å². The van der Waals surface area contributed by atoms with Crippen molar-refractivity contribution in [3.63, 3.8) is 0 Å². The Hall–Kier alpha value is -4.05. The van der Waals surface area contributed by atoms with Crippen LogP contribution in [-0.4, -0.2) is 63.0 Å². The number of ether oxygens (including phenoxy) is 1. The van der Waals surface area contributed by atoms with E-state index in [1.807, 2.05) is 24.3 Å². The first kappa shape index (κ1) is 25.2. The molecule has 0 radical (unpaired) electrons. The minimum Gasteiger partial charge on any atom is -0.492 e. The molecule has 4 heterocycles. The predicted octanol–water partition coefficient (Wildman–Crippen LogP) is 3.24. The van der Waals surface area contributed by atoms with Crippen LogP contribution in [0.5, 0.6) is 5.75 Å². The average Bonchev–Trinajstić information content (AvgIpc) is 3.51. The number of benzene rings is 2. The topological polar surface area (TPSA) is 118 Å². The third kappa shape index (κ3) is 5.29. The Morgan fingerprint density at radius 2 is 1.90 bits per heavy atom. The summed E-state index contributed by atoms with van der Waals surface area (Å²) in [6.07, 6.45) is 3.98. The Morgan fingerprint density at radius 3 is 2.67 bits per heavy atom. The molecule has 3 aliphatic rings. The summed E-state index contributed by atoms with van der Waals surface area (Å²) in [6, 6.07) is 13.4. The lowest BCUT2D eigenvalue weighted by molar-refractivity contribution is -0.136. The van der Waals surface area contributed by atoms with Crippen molar-refractivity contribution in [1.29, 1.82) is 0 Å². The number of hydrogen-bond donors (Lipinski definition) is 1. The third-order valence-electron chi connectivity index (χ3n) is 7.80. The van der Waals surface area contributed by atoms with E-state index in [1.54, 1.807) is 17.9 Å². The Bertz CT molecular complexity index is 1400. The predicted molar refractivity (Wildman–Crippen MR) is 141 cm³/mol. The van der Waals surface area contributed by atoms with E-state index in [-0.39, 0.29) is 24.3 Å². The molecule has 3 aliphatic heterocycles. The van der Waals surface area contributed by atoms with Gasteiger partial charge in [0.2, 0.25) is 23.6 Å². The number of piperidine rings is 2. The van der Waals surface area contributed by atoms with Crippen LogP contribution < -0.4 is 10.1 Å². The molecule has 2 fully saturated rings. The van der Waals surface area contributed by atoms with E-state index >= 15 is 0 Å². The lowest BCUT2D eigenvalue weighted by Crippen LogP contribution is -2.52. The number of nitrogens with zero attached hydrogens (tertiary/aromatic N) is 4. The van der Waals surface area contributed by atoms with Crippen molar-refractivity contribution in [2.45, 2.75) is 64.2 Å². The van der Waals surface area contributed by atoms with E-state index in [4.69, 9.17) is 9.15 Å². The monoisotopic (exact) mass is 529 g/mol. The number of amides is 3. The van der Waals surface area contributed by atoms with Crippen LogP contribution in [0.1, 0.15) is 59.5 Å². The molecule has 39 heavy (non-hydrogen) atoms. The number of carbonyl (C=O) groups is 3. The first-order valence-electron chi connectivity index (χ1n) is 13.5. The number of hydrogen-bond acceptors (Lipinski definition) is 8. The van der Waals surface area contributed by atoms with Crippen molar-refractivity contribution < 1.29 is 23.5 Å². The van der Waals surface area contributed by atoms with Crippen LogP contribution in [0.25, 0.3) is 11.5 Å². The van der Waals surface area contributed by atoms with Crippen molar-refractivity contribution in [3.8, 4) is 17.2 Å². The van der Waals surface area contributed by atoms with Gasteiger partial charge >= 0.3 is 0 Å². The lowest BCUT2D eigenvalue weighted by atomic mass is 10.0. The molecule has 2 atom stereocenters. The average molecular weight is 530 g/mol. The van der Waals surface area contributed by atoms with Gasteiger partial charge in [0.15, 0.2) is 0 Å². The standard InChI is InChI=1S/C29H31N5O5/c1-18-31-32-28(39-18)20-7-5-19(6-8-20)15-33-13-3-2-4-22(33)17-38-23-9-10-24-21(14-23)16-34(29(24)37)25-11-12-26(35)30-27(25)36/h5-10,14,22,25H,2-4,11-13,15-17H2,1H3,(H,30,35,36). The SMILES string of the molecule is Cc1nnc(-c2ccc(CN3CCCCC3COc3ccc4c(c3)CN(C3CCC(=O)NC3=O)C4=O)cc2)o1. The third-order valence-corrected chi connectivity index (χ3v) is 7.80. The number of carbonyl (C=O) groups excluding carboxylic acids is 3. The zero-order chi connectivity index (χ0) is 26.9. The Labute approximate surface area is 226 Å². The first-order chi connectivity index (χ1) is 18.9. The molecule has 202 valence electrons. The number of aryl methyl sites for hydroxylation is 1. The van der Waals surface area contributed by atoms with E-state index < -0.39 is 11.9 Å². The molecule has 3 aromatic rings. The highest BCUT2D eigenvalue weighted by Crippen LogP contribution is 2.31. The molecule has 2 aromatic carbocycles. The molecular weight excluding hydrogens is 498 g/mol. The maximum absolute atomic E-state index is 13.0. The summed E-state index contributed by atoms with van der Waals surface area (Å²) >= 11 is 0. The summed E-state index contributed by atoms with van der Waals surface area (Å²) < 4.78 is 11.8. The zero-order valence-corrected chi connectivity index (χ0v) is 21.9. The second kappa shape index (κ2) is 10.6. The number of fused-ring (bicyclic) bond motifs is 1. The van der Waals surface area contributed by atoms with Gasteiger partial charge in [-0.3, -0.25) is 24.6 Å².